The maximum Gasteiger partial charge on any atom is 0.193 e. The quantitative estimate of drug-likeness (QED) is 0.345. The smallest absolute Gasteiger partial charge is 0.193 e. The molecule has 4 heteroatoms. The Bertz CT molecular complexity index is 1530. The zero-order valence-electron chi connectivity index (χ0n) is 20.5. The summed E-state index contributed by atoms with van der Waals surface area (Å²) in [5.41, 5.74) is 8.89. The van der Waals surface area contributed by atoms with Gasteiger partial charge in [-0.15, -0.1) is 0 Å². The van der Waals surface area contributed by atoms with Crippen molar-refractivity contribution < 1.29 is 4.42 Å². The molecule has 1 aliphatic heterocycles. The number of benzene rings is 3. The van der Waals surface area contributed by atoms with E-state index in [-0.39, 0.29) is 11.5 Å². The normalized spacial score (nSPS) is 14.0. The van der Waals surface area contributed by atoms with Gasteiger partial charge in [0.2, 0.25) is 0 Å². The Hall–Kier alpha value is -4.05. The number of nitrogens with zero attached hydrogens (tertiary/aromatic N) is 1. The monoisotopic (exact) mass is 462 g/mol. The predicted molar refractivity (Wildman–Crippen MR) is 147 cm³/mol. The van der Waals surface area contributed by atoms with Crippen LogP contribution in [0.25, 0.3) is 34.1 Å². The van der Waals surface area contributed by atoms with Crippen molar-refractivity contribution in [2.45, 2.75) is 26.3 Å². The molecule has 0 radical (unpaired) electrons. The Balaban J connectivity index is 1.61. The van der Waals surface area contributed by atoms with Crippen LogP contribution in [0.2, 0.25) is 0 Å². The molecule has 1 atom stereocenters. The van der Waals surface area contributed by atoms with Crippen molar-refractivity contribution in [1.82, 2.24) is 4.90 Å². The number of fused-ring (bicyclic) bond motifs is 2. The molecular formula is C31H30N2O2. The molecule has 0 amide bonds. The lowest BCUT2D eigenvalue weighted by Gasteiger charge is -2.29. The van der Waals surface area contributed by atoms with Crippen LogP contribution in [0.1, 0.15) is 40.8 Å². The van der Waals surface area contributed by atoms with Crippen molar-refractivity contribution in [3.05, 3.63) is 112 Å². The van der Waals surface area contributed by atoms with Crippen LogP contribution in [0.4, 0.5) is 5.69 Å². The second-order valence-corrected chi connectivity index (χ2v) is 9.35. The Morgan fingerprint density at radius 1 is 1.11 bits per heavy atom. The first-order valence-corrected chi connectivity index (χ1v) is 12.0. The summed E-state index contributed by atoms with van der Waals surface area (Å²) in [4.78, 5) is 15.4. The van der Waals surface area contributed by atoms with Crippen LogP contribution in [0.15, 0.2) is 83.0 Å². The van der Waals surface area contributed by atoms with Crippen LogP contribution in [-0.4, -0.2) is 18.5 Å². The van der Waals surface area contributed by atoms with Crippen molar-refractivity contribution in [2.75, 3.05) is 18.9 Å². The number of aryl methyl sites for hydroxylation is 1. The molecule has 0 bridgehead atoms. The third-order valence-electron chi connectivity index (χ3n) is 6.90. The molecule has 0 saturated heterocycles. The number of nitrogens with one attached hydrogen (secondary N) is 1. The average molecular weight is 463 g/mol. The number of rotatable bonds is 5. The maximum absolute atomic E-state index is 13.2. The van der Waals surface area contributed by atoms with Gasteiger partial charge in [0.1, 0.15) is 11.3 Å². The Morgan fingerprint density at radius 2 is 1.91 bits per heavy atom. The second-order valence-electron chi connectivity index (χ2n) is 9.35. The summed E-state index contributed by atoms with van der Waals surface area (Å²) in [5, 5.41) is 4.18. The lowest BCUT2D eigenvalue weighted by atomic mass is 9.94. The van der Waals surface area contributed by atoms with Crippen molar-refractivity contribution in [2.24, 2.45) is 0 Å². The fourth-order valence-electron chi connectivity index (χ4n) is 4.88. The molecule has 1 aromatic heterocycles. The zero-order valence-corrected chi connectivity index (χ0v) is 20.5. The van der Waals surface area contributed by atoms with Crippen LogP contribution in [0, 0.1) is 6.92 Å². The van der Waals surface area contributed by atoms with Crippen LogP contribution in [0.5, 0.6) is 0 Å². The van der Waals surface area contributed by atoms with Crippen molar-refractivity contribution in [3.8, 4) is 11.3 Å². The minimum atomic E-state index is -0.0840. The van der Waals surface area contributed by atoms with E-state index in [1.54, 1.807) is 6.07 Å². The van der Waals surface area contributed by atoms with E-state index in [9.17, 15) is 4.79 Å². The Labute approximate surface area is 206 Å². The highest BCUT2D eigenvalue weighted by molar-refractivity contribution is 5.84. The first-order valence-electron chi connectivity index (χ1n) is 12.0. The summed E-state index contributed by atoms with van der Waals surface area (Å²) in [6.07, 6.45) is 2.77. The number of likely N-dealkylation sites (N-methyl/N-ethyl adjacent to an activating group) is 1. The third-order valence-corrected chi connectivity index (χ3v) is 6.90. The molecule has 0 saturated carbocycles. The molecule has 4 nitrogen and oxygen atoms in total. The van der Waals surface area contributed by atoms with Gasteiger partial charge < -0.3 is 14.6 Å². The topological polar surface area (TPSA) is 45.5 Å². The van der Waals surface area contributed by atoms with Gasteiger partial charge in [-0.25, -0.2) is 0 Å². The summed E-state index contributed by atoms with van der Waals surface area (Å²) in [6.45, 7) is 13.2. The molecule has 5 rings (SSSR count). The van der Waals surface area contributed by atoms with Gasteiger partial charge in [-0.05, 0) is 55.2 Å². The van der Waals surface area contributed by atoms with Gasteiger partial charge in [-0.1, -0.05) is 55.6 Å². The number of anilines is 1. The molecule has 35 heavy (non-hydrogen) atoms. The van der Waals surface area contributed by atoms with E-state index in [4.69, 9.17) is 4.42 Å². The summed E-state index contributed by atoms with van der Waals surface area (Å²) in [6, 6.07) is 19.8. The molecule has 3 aromatic carbocycles. The van der Waals surface area contributed by atoms with Crippen LogP contribution >= 0.6 is 0 Å². The molecule has 1 aliphatic rings. The number of hydrogen-bond acceptors (Lipinski definition) is 4. The highest BCUT2D eigenvalue weighted by Crippen LogP contribution is 2.34. The Morgan fingerprint density at radius 3 is 2.71 bits per heavy atom. The molecule has 4 aromatic rings. The minimum absolute atomic E-state index is 0.0354. The maximum atomic E-state index is 13.2. The fourth-order valence-corrected chi connectivity index (χ4v) is 4.88. The van der Waals surface area contributed by atoms with E-state index >= 15 is 0 Å². The van der Waals surface area contributed by atoms with Gasteiger partial charge in [0.05, 0.1) is 11.4 Å². The van der Waals surface area contributed by atoms with Crippen molar-refractivity contribution in [1.29, 1.82) is 0 Å². The number of para-hydroxylation sites is 1. The van der Waals surface area contributed by atoms with E-state index in [0.717, 1.165) is 52.2 Å². The Kier molecular flexibility index (Phi) is 5.81. The van der Waals surface area contributed by atoms with Gasteiger partial charge in [0.25, 0.3) is 0 Å². The molecule has 0 aliphatic carbocycles. The van der Waals surface area contributed by atoms with E-state index in [1.807, 2.05) is 49.4 Å². The molecule has 2 heterocycles. The fraction of sp³-hybridized carbons (Fsp3) is 0.194. The standard InChI is InChI=1S/C31H30N2O2/c1-6-22-9-7-8-10-28(22)32-20(3)26-15-19(2)16-27-29(34)18-30(35-31(26)27)24-11-12-25-21(4)33(5)14-13-23(25)17-24/h6-12,15-18,20,32H,1,4,13-14H2,2-3,5H3. The van der Waals surface area contributed by atoms with Gasteiger partial charge in [0.15, 0.2) is 5.43 Å². The second kappa shape index (κ2) is 8.95. The van der Waals surface area contributed by atoms with Gasteiger partial charge in [0, 0.05) is 47.7 Å². The van der Waals surface area contributed by atoms with Crippen LogP contribution < -0.4 is 10.7 Å². The highest BCUT2D eigenvalue weighted by Gasteiger charge is 2.20. The van der Waals surface area contributed by atoms with E-state index < -0.39 is 0 Å². The summed E-state index contributed by atoms with van der Waals surface area (Å²) >= 11 is 0. The summed E-state index contributed by atoms with van der Waals surface area (Å²) in [7, 11) is 2.06. The SMILES string of the molecule is C=Cc1ccccc1NC(C)c1cc(C)cc2c(=O)cc(-c3ccc4c(c3)CCN(C)C4=C)oc12. The van der Waals surface area contributed by atoms with Gasteiger partial charge >= 0.3 is 0 Å². The minimum Gasteiger partial charge on any atom is -0.455 e. The van der Waals surface area contributed by atoms with E-state index in [1.165, 1.54) is 5.56 Å². The lowest BCUT2D eigenvalue weighted by Crippen LogP contribution is -2.24. The lowest BCUT2D eigenvalue weighted by molar-refractivity contribution is 0.470. The highest BCUT2D eigenvalue weighted by atomic mass is 16.3. The first-order chi connectivity index (χ1) is 16.9. The first kappa shape index (κ1) is 22.7. The summed E-state index contributed by atoms with van der Waals surface area (Å²) in [5.74, 6) is 0.582. The van der Waals surface area contributed by atoms with Crippen LogP contribution in [0.3, 0.4) is 0 Å². The predicted octanol–water partition coefficient (Wildman–Crippen LogP) is 7.04. The molecule has 176 valence electrons. The largest absolute Gasteiger partial charge is 0.455 e. The average Bonchev–Trinajstić information content (AvgIpc) is 2.86. The molecule has 0 fully saturated rings. The zero-order chi connectivity index (χ0) is 24.7. The van der Waals surface area contributed by atoms with Gasteiger partial charge in [-0.2, -0.15) is 0 Å². The molecule has 1 N–H and O–H groups in total. The van der Waals surface area contributed by atoms with E-state index in [2.05, 4.69) is 55.5 Å². The summed E-state index contributed by atoms with van der Waals surface area (Å²) < 4.78 is 6.48. The molecule has 0 spiro atoms. The molecular weight excluding hydrogens is 432 g/mol. The van der Waals surface area contributed by atoms with Crippen molar-refractivity contribution in [3.63, 3.8) is 0 Å². The van der Waals surface area contributed by atoms with Crippen molar-refractivity contribution >= 4 is 28.4 Å². The van der Waals surface area contributed by atoms with Gasteiger partial charge in [-0.3, -0.25) is 4.79 Å². The molecule has 1 unspecified atom stereocenters. The number of hydrogen-bond donors (Lipinski definition) is 1. The third kappa shape index (κ3) is 4.17. The van der Waals surface area contributed by atoms with Crippen LogP contribution in [-0.2, 0) is 6.42 Å². The van der Waals surface area contributed by atoms with E-state index in [0.29, 0.717) is 16.7 Å².